The fourth-order valence-corrected chi connectivity index (χ4v) is 3.14. The van der Waals surface area contributed by atoms with Crippen LogP contribution in [0.2, 0.25) is 0 Å². The van der Waals surface area contributed by atoms with E-state index in [1.807, 2.05) is 24.3 Å². The molecule has 20 heavy (non-hydrogen) atoms. The second kappa shape index (κ2) is 5.65. The summed E-state index contributed by atoms with van der Waals surface area (Å²) in [4.78, 5) is 25.9. The molecule has 1 heterocycles. The number of para-hydroxylation sites is 2. The molecule has 1 saturated carbocycles. The van der Waals surface area contributed by atoms with Crippen molar-refractivity contribution in [2.75, 3.05) is 16.8 Å². The van der Waals surface area contributed by atoms with Crippen LogP contribution in [0.3, 0.4) is 0 Å². The largest absolute Gasteiger partial charge is 0.324 e. The van der Waals surface area contributed by atoms with E-state index >= 15 is 0 Å². The fourth-order valence-electron chi connectivity index (χ4n) is 3.14. The predicted molar refractivity (Wildman–Crippen MR) is 78.6 cm³/mol. The van der Waals surface area contributed by atoms with Gasteiger partial charge in [-0.3, -0.25) is 9.59 Å². The van der Waals surface area contributed by atoms with Gasteiger partial charge >= 0.3 is 0 Å². The molecular formula is C16H20N2O2. The van der Waals surface area contributed by atoms with Crippen molar-refractivity contribution in [1.82, 2.24) is 0 Å². The minimum Gasteiger partial charge on any atom is -0.324 e. The molecule has 2 fully saturated rings. The van der Waals surface area contributed by atoms with Crippen molar-refractivity contribution >= 4 is 23.2 Å². The van der Waals surface area contributed by atoms with Crippen LogP contribution in [0.1, 0.15) is 38.5 Å². The van der Waals surface area contributed by atoms with Gasteiger partial charge < -0.3 is 10.2 Å². The lowest BCUT2D eigenvalue weighted by atomic mass is 10.1. The van der Waals surface area contributed by atoms with Crippen molar-refractivity contribution in [2.24, 2.45) is 5.92 Å². The summed E-state index contributed by atoms with van der Waals surface area (Å²) in [6, 6.07) is 7.60. The lowest BCUT2D eigenvalue weighted by Gasteiger charge is -2.20. The highest BCUT2D eigenvalue weighted by molar-refractivity contribution is 6.02. The maximum Gasteiger partial charge on any atom is 0.227 e. The van der Waals surface area contributed by atoms with Crippen molar-refractivity contribution in [3.8, 4) is 0 Å². The Labute approximate surface area is 119 Å². The highest BCUT2D eigenvalue weighted by Gasteiger charge is 2.26. The summed E-state index contributed by atoms with van der Waals surface area (Å²) in [5.41, 5.74) is 1.60. The summed E-state index contributed by atoms with van der Waals surface area (Å²) < 4.78 is 0. The topological polar surface area (TPSA) is 49.4 Å². The van der Waals surface area contributed by atoms with Gasteiger partial charge in [0.15, 0.2) is 0 Å². The fraction of sp³-hybridized carbons (Fsp3) is 0.500. The summed E-state index contributed by atoms with van der Waals surface area (Å²) >= 11 is 0. The van der Waals surface area contributed by atoms with Gasteiger partial charge in [-0.05, 0) is 31.4 Å². The van der Waals surface area contributed by atoms with E-state index in [9.17, 15) is 9.59 Å². The van der Waals surface area contributed by atoms with Crippen molar-refractivity contribution in [3.05, 3.63) is 24.3 Å². The van der Waals surface area contributed by atoms with Crippen LogP contribution in [-0.4, -0.2) is 18.4 Å². The number of nitrogens with one attached hydrogen (secondary N) is 1. The minimum absolute atomic E-state index is 0.0987. The molecule has 4 nitrogen and oxygen atoms in total. The highest BCUT2D eigenvalue weighted by Crippen LogP contribution is 2.31. The molecule has 0 atom stereocenters. The second-order valence-corrected chi connectivity index (χ2v) is 5.64. The molecule has 2 aliphatic rings. The number of rotatable bonds is 3. The Bertz CT molecular complexity index is 521. The number of benzene rings is 1. The molecule has 1 aliphatic heterocycles. The zero-order valence-electron chi connectivity index (χ0n) is 11.6. The number of carbonyl (C=O) groups is 2. The zero-order chi connectivity index (χ0) is 13.9. The number of anilines is 2. The predicted octanol–water partition coefficient (Wildman–Crippen LogP) is 2.94. The third-order valence-corrected chi connectivity index (χ3v) is 4.25. The van der Waals surface area contributed by atoms with Crippen LogP contribution in [0.15, 0.2) is 24.3 Å². The normalized spacial score (nSPS) is 19.6. The Kier molecular flexibility index (Phi) is 3.72. The molecule has 0 bridgehead atoms. The summed E-state index contributed by atoms with van der Waals surface area (Å²) in [5.74, 6) is 0.381. The van der Waals surface area contributed by atoms with E-state index in [0.29, 0.717) is 6.42 Å². The monoisotopic (exact) mass is 272 g/mol. The second-order valence-electron chi connectivity index (χ2n) is 5.64. The van der Waals surface area contributed by atoms with Gasteiger partial charge in [-0.15, -0.1) is 0 Å². The number of hydrogen-bond acceptors (Lipinski definition) is 2. The van der Waals surface area contributed by atoms with E-state index < -0.39 is 0 Å². The Morgan fingerprint density at radius 2 is 1.90 bits per heavy atom. The van der Waals surface area contributed by atoms with Crippen LogP contribution < -0.4 is 10.2 Å². The average molecular weight is 272 g/mol. The maximum atomic E-state index is 12.2. The smallest absolute Gasteiger partial charge is 0.227 e. The number of amides is 2. The van der Waals surface area contributed by atoms with E-state index in [1.54, 1.807) is 4.90 Å². The van der Waals surface area contributed by atoms with E-state index in [4.69, 9.17) is 0 Å². The molecule has 106 valence electrons. The van der Waals surface area contributed by atoms with Gasteiger partial charge in [-0.2, -0.15) is 0 Å². The van der Waals surface area contributed by atoms with Crippen LogP contribution in [0.25, 0.3) is 0 Å². The summed E-state index contributed by atoms with van der Waals surface area (Å²) in [6.45, 7) is 0.745. The Morgan fingerprint density at radius 3 is 2.60 bits per heavy atom. The Balaban J connectivity index is 1.79. The van der Waals surface area contributed by atoms with Crippen LogP contribution in [0.5, 0.6) is 0 Å². The molecule has 1 aliphatic carbocycles. The molecule has 0 spiro atoms. The maximum absolute atomic E-state index is 12.2. The van der Waals surface area contributed by atoms with Gasteiger partial charge in [0.2, 0.25) is 11.8 Å². The molecule has 1 aromatic rings. The minimum atomic E-state index is 0.0987. The standard InChI is InChI=1S/C16H20N2O2/c19-15-10-5-11-18(15)14-9-4-3-8-13(14)17-16(20)12-6-1-2-7-12/h3-4,8-9,12H,1-2,5-7,10-11H2,(H,17,20). The van der Waals surface area contributed by atoms with Crippen LogP contribution in [0.4, 0.5) is 11.4 Å². The van der Waals surface area contributed by atoms with Crippen molar-refractivity contribution < 1.29 is 9.59 Å². The highest BCUT2D eigenvalue weighted by atomic mass is 16.2. The molecule has 1 aromatic carbocycles. The molecule has 0 aromatic heterocycles. The summed E-state index contributed by atoms with van der Waals surface area (Å²) in [5, 5.41) is 3.02. The number of nitrogens with zero attached hydrogens (tertiary/aromatic N) is 1. The van der Waals surface area contributed by atoms with Gasteiger partial charge in [0, 0.05) is 18.9 Å². The molecule has 1 saturated heterocycles. The van der Waals surface area contributed by atoms with E-state index in [0.717, 1.165) is 50.0 Å². The van der Waals surface area contributed by atoms with Gasteiger partial charge in [-0.25, -0.2) is 0 Å². The van der Waals surface area contributed by atoms with Crippen LogP contribution >= 0.6 is 0 Å². The Hall–Kier alpha value is -1.84. The molecule has 2 amide bonds. The first kappa shape index (κ1) is 13.2. The van der Waals surface area contributed by atoms with Crippen molar-refractivity contribution in [1.29, 1.82) is 0 Å². The SMILES string of the molecule is O=C(Nc1ccccc1N1CCCC1=O)C1CCCC1. The third-order valence-electron chi connectivity index (χ3n) is 4.25. The third kappa shape index (κ3) is 2.55. The van der Waals surface area contributed by atoms with Crippen molar-refractivity contribution in [2.45, 2.75) is 38.5 Å². The molecule has 3 rings (SSSR count). The van der Waals surface area contributed by atoms with E-state index in [-0.39, 0.29) is 17.7 Å². The first-order chi connectivity index (χ1) is 9.75. The van der Waals surface area contributed by atoms with E-state index in [2.05, 4.69) is 5.32 Å². The molecule has 4 heteroatoms. The summed E-state index contributed by atoms with van der Waals surface area (Å²) in [6.07, 6.45) is 5.75. The number of carbonyl (C=O) groups excluding carboxylic acids is 2. The molecule has 1 N–H and O–H groups in total. The van der Waals surface area contributed by atoms with Crippen molar-refractivity contribution in [3.63, 3.8) is 0 Å². The first-order valence-electron chi connectivity index (χ1n) is 7.46. The Morgan fingerprint density at radius 1 is 1.15 bits per heavy atom. The van der Waals surface area contributed by atoms with Crippen LogP contribution in [-0.2, 0) is 9.59 Å². The van der Waals surface area contributed by atoms with Gasteiger partial charge in [0.05, 0.1) is 11.4 Å². The first-order valence-corrected chi connectivity index (χ1v) is 7.46. The van der Waals surface area contributed by atoms with Gasteiger partial charge in [0.1, 0.15) is 0 Å². The lowest BCUT2D eigenvalue weighted by molar-refractivity contribution is -0.120. The van der Waals surface area contributed by atoms with Gasteiger partial charge in [-0.1, -0.05) is 25.0 Å². The average Bonchev–Trinajstić information content (AvgIpc) is 3.10. The summed E-state index contributed by atoms with van der Waals surface area (Å²) in [7, 11) is 0. The number of hydrogen-bond donors (Lipinski definition) is 1. The van der Waals surface area contributed by atoms with Crippen LogP contribution in [0, 0.1) is 5.92 Å². The zero-order valence-corrected chi connectivity index (χ0v) is 11.6. The van der Waals surface area contributed by atoms with Gasteiger partial charge in [0.25, 0.3) is 0 Å². The van der Waals surface area contributed by atoms with E-state index in [1.165, 1.54) is 0 Å². The lowest BCUT2D eigenvalue weighted by Crippen LogP contribution is -2.27. The molecule has 0 radical (unpaired) electrons. The molecule has 0 unspecified atom stereocenters. The quantitative estimate of drug-likeness (QED) is 0.919. The molecular weight excluding hydrogens is 252 g/mol.